The van der Waals surface area contributed by atoms with Crippen LogP contribution in [0.4, 0.5) is 11.4 Å². The van der Waals surface area contributed by atoms with Gasteiger partial charge in [-0.05, 0) is 19.8 Å². The number of Topliss-reactive ketones (excluding diaryl/α,β-unsaturated/α-hetero) is 1. The molecular formula is C23H35N3O5. The first-order valence-corrected chi connectivity index (χ1v) is 11.1. The number of aliphatic hydroxyl groups excluding tert-OH is 1. The van der Waals surface area contributed by atoms with Crippen molar-refractivity contribution in [3.05, 3.63) is 23.6 Å². The van der Waals surface area contributed by atoms with E-state index in [1.165, 1.54) is 13.8 Å². The van der Waals surface area contributed by atoms with Gasteiger partial charge in [0.2, 0.25) is 0 Å². The van der Waals surface area contributed by atoms with Crippen LogP contribution in [-0.2, 0) is 9.53 Å². The number of ketones is 1. The molecule has 1 fully saturated rings. The van der Waals surface area contributed by atoms with E-state index < -0.39 is 0 Å². The molecule has 0 aliphatic carbocycles. The summed E-state index contributed by atoms with van der Waals surface area (Å²) in [7, 11) is 0. The van der Waals surface area contributed by atoms with Crippen LogP contribution < -0.4 is 14.4 Å². The van der Waals surface area contributed by atoms with Gasteiger partial charge >= 0.3 is 0 Å². The highest BCUT2D eigenvalue weighted by molar-refractivity contribution is 5.93. The monoisotopic (exact) mass is 433 g/mol. The molecule has 0 bridgehead atoms. The lowest BCUT2D eigenvalue weighted by Gasteiger charge is -2.31. The molecule has 0 atom stereocenters. The van der Waals surface area contributed by atoms with Crippen LogP contribution in [0.2, 0.25) is 0 Å². The van der Waals surface area contributed by atoms with Gasteiger partial charge in [0.15, 0.2) is 11.5 Å². The molecule has 1 aromatic rings. The number of ether oxygens (including phenoxy) is 3. The van der Waals surface area contributed by atoms with Gasteiger partial charge in [-0.3, -0.25) is 4.79 Å². The Morgan fingerprint density at radius 1 is 1.06 bits per heavy atom. The highest BCUT2D eigenvalue weighted by Gasteiger charge is 2.20. The van der Waals surface area contributed by atoms with Crippen LogP contribution in [0.25, 0.3) is 0 Å². The topological polar surface area (TPSA) is 93.0 Å². The first kappa shape index (κ1) is 24.7. The molecule has 8 heteroatoms. The van der Waals surface area contributed by atoms with E-state index in [1.54, 1.807) is 6.07 Å². The van der Waals surface area contributed by atoms with Crippen molar-refractivity contribution >= 4 is 17.2 Å². The largest absolute Gasteiger partial charge is 0.510 e. The van der Waals surface area contributed by atoms with Gasteiger partial charge in [0.1, 0.15) is 22.9 Å². The van der Waals surface area contributed by atoms with E-state index in [4.69, 9.17) is 14.2 Å². The fourth-order valence-electron chi connectivity index (χ4n) is 3.05. The zero-order valence-corrected chi connectivity index (χ0v) is 19.1. The third kappa shape index (κ3) is 7.54. The second kappa shape index (κ2) is 12.9. The van der Waals surface area contributed by atoms with Crippen molar-refractivity contribution in [2.24, 2.45) is 10.2 Å². The summed E-state index contributed by atoms with van der Waals surface area (Å²) in [5.74, 6) is 0.733. The quantitative estimate of drug-likeness (QED) is 0.207. The third-order valence-corrected chi connectivity index (χ3v) is 4.84. The van der Waals surface area contributed by atoms with Crippen LogP contribution in [0, 0.1) is 0 Å². The first-order chi connectivity index (χ1) is 15.0. The van der Waals surface area contributed by atoms with Crippen LogP contribution in [0.1, 0.15) is 53.4 Å². The number of carbonyl (C=O) groups is 1. The van der Waals surface area contributed by atoms with Crippen molar-refractivity contribution in [1.29, 1.82) is 0 Å². The SMILES string of the molecule is CCCCOc1cc(N2CCOCC2)c(OCCCC)cc1N=N/C(C(C)=O)=C(\C)O. The van der Waals surface area contributed by atoms with Gasteiger partial charge in [0.25, 0.3) is 0 Å². The summed E-state index contributed by atoms with van der Waals surface area (Å²) in [6.45, 7) is 10.9. The van der Waals surface area contributed by atoms with Crippen molar-refractivity contribution in [3.8, 4) is 11.5 Å². The minimum atomic E-state index is -0.360. The van der Waals surface area contributed by atoms with Crippen LogP contribution in [-0.4, -0.2) is 50.4 Å². The molecule has 0 spiro atoms. The molecule has 0 amide bonds. The maximum absolute atomic E-state index is 11.8. The molecule has 1 aromatic carbocycles. The second-order valence-electron chi connectivity index (χ2n) is 7.48. The zero-order valence-electron chi connectivity index (χ0n) is 19.1. The summed E-state index contributed by atoms with van der Waals surface area (Å²) >= 11 is 0. The number of unbranched alkanes of at least 4 members (excludes halogenated alkanes) is 2. The Morgan fingerprint density at radius 3 is 2.23 bits per heavy atom. The standard InChI is InChI=1S/C23H35N3O5/c1-5-7-11-30-21-16-20(26-9-13-29-14-10-26)22(31-12-8-6-2)15-19(21)24-25-23(17(3)27)18(4)28/h15-16,27H,5-14H2,1-4H3/b23-17+,25-24?. The number of benzene rings is 1. The smallest absolute Gasteiger partial charge is 0.183 e. The number of azo groups is 1. The fraction of sp³-hybridized carbons (Fsp3) is 0.609. The first-order valence-electron chi connectivity index (χ1n) is 11.1. The molecular weight excluding hydrogens is 398 g/mol. The summed E-state index contributed by atoms with van der Waals surface area (Å²) in [6, 6.07) is 3.73. The van der Waals surface area contributed by atoms with Crippen molar-refractivity contribution < 1.29 is 24.1 Å². The molecule has 0 aromatic heterocycles. The lowest BCUT2D eigenvalue weighted by Crippen LogP contribution is -2.36. The molecule has 172 valence electrons. The molecule has 1 aliphatic rings. The number of carbonyl (C=O) groups excluding carboxylic acids is 1. The van der Waals surface area contributed by atoms with Gasteiger partial charge in [-0.25, -0.2) is 0 Å². The lowest BCUT2D eigenvalue weighted by atomic mass is 10.2. The zero-order chi connectivity index (χ0) is 22.6. The number of rotatable bonds is 12. The van der Waals surface area contributed by atoms with Gasteiger partial charge in [-0.15, -0.1) is 10.2 Å². The summed E-state index contributed by atoms with van der Waals surface area (Å²) < 4.78 is 17.6. The van der Waals surface area contributed by atoms with E-state index >= 15 is 0 Å². The minimum absolute atomic E-state index is 0.0785. The average molecular weight is 434 g/mol. The number of hydrogen-bond donors (Lipinski definition) is 1. The Hall–Kier alpha value is -2.61. The highest BCUT2D eigenvalue weighted by atomic mass is 16.5. The van der Waals surface area contributed by atoms with E-state index in [-0.39, 0.29) is 17.2 Å². The van der Waals surface area contributed by atoms with Gasteiger partial charge in [0.05, 0.1) is 32.1 Å². The second-order valence-corrected chi connectivity index (χ2v) is 7.48. The number of nitrogens with zero attached hydrogens (tertiary/aromatic N) is 3. The van der Waals surface area contributed by atoms with Crippen LogP contribution >= 0.6 is 0 Å². The molecule has 31 heavy (non-hydrogen) atoms. The van der Waals surface area contributed by atoms with Crippen molar-refractivity contribution in [2.75, 3.05) is 44.4 Å². The van der Waals surface area contributed by atoms with E-state index in [1.807, 2.05) is 6.07 Å². The summed E-state index contributed by atoms with van der Waals surface area (Å²) in [6.07, 6.45) is 3.88. The normalized spacial score (nSPS) is 15.2. The van der Waals surface area contributed by atoms with E-state index in [9.17, 15) is 9.90 Å². The molecule has 1 N–H and O–H groups in total. The lowest BCUT2D eigenvalue weighted by molar-refractivity contribution is -0.113. The molecule has 2 rings (SSSR count). The number of aliphatic hydroxyl groups is 1. The number of anilines is 1. The van der Waals surface area contributed by atoms with Gasteiger partial charge in [-0.1, -0.05) is 26.7 Å². The average Bonchev–Trinajstić information content (AvgIpc) is 2.75. The molecule has 1 aliphatic heterocycles. The fourth-order valence-corrected chi connectivity index (χ4v) is 3.05. The van der Waals surface area contributed by atoms with Gasteiger partial charge in [-0.2, -0.15) is 0 Å². The van der Waals surface area contributed by atoms with Crippen molar-refractivity contribution in [3.63, 3.8) is 0 Å². The summed E-state index contributed by atoms with van der Waals surface area (Å²) in [5, 5.41) is 18.0. The molecule has 1 saturated heterocycles. The number of morpholine rings is 1. The Kier molecular flexibility index (Phi) is 10.3. The maximum atomic E-state index is 11.8. The molecule has 0 unspecified atom stereocenters. The molecule has 8 nitrogen and oxygen atoms in total. The predicted octanol–water partition coefficient (Wildman–Crippen LogP) is 5.34. The molecule has 0 saturated carbocycles. The summed E-state index contributed by atoms with van der Waals surface area (Å²) in [5.41, 5.74) is 1.32. The Morgan fingerprint density at radius 2 is 1.68 bits per heavy atom. The predicted molar refractivity (Wildman–Crippen MR) is 121 cm³/mol. The molecule has 0 radical (unpaired) electrons. The van der Waals surface area contributed by atoms with Crippen molar-refractivity contribution in [2.45, 2.75) is 53.4 Å². The van der Waals surface area contributed by atoms with E-state index in [2.05, 4.69) is 29.0 Å². The number of hydrogen-bond acceptors (Lipinski definition) is 8. The van der Waals surface area contributed by atoms with E-state index in [0.29, 0.717) is 43.6 Å². The van der Waals surface area contributed by atoms with Crippen LogP contribution in [0.5, 0.6) is 11.5 Å². The van der Waals surface area contributed by atoms with Gasteiger partial charge in [0, 0.05) is 32.1 Å². The minimum Gasteiger partial charge on any atom is -0.510 e. The third-order valence-electron chi connectivity index (χ3n) is 4.84. The Labute approximate surface area is 184 Å². The van der Waals surface area contributed by atoms with E-state index in [0.717, 1.165) is 44.5 Å². The highest BCUT2D eigenvalue weighted by Crippen LogP contribution is 2.41. The van der Waals surface area contributed by atoms with Crippen molar-refractivity contribution in [1.82, 2.24) is 0 Å². The number of allylic oxidation sites excluding steroid dienone is 2. The van der Waals surface area contributed by atoms with Crippen LogP contribution in [0.3, 0.4) is 0 Å². The Bertz CT molecular complexity index is 782. The van der Waals surface area contributed by atoms with Crippen LogP contribution in [0.15, 0.2) is 33.8 Å². The summed E-state index contributed by atoms with van der Waals surface area (Å²) in [4.78, 5) is 14.0. The molecule has 1 heterocycles. The maximum Gasteiger partial charge on any atom is 0.183 e. The van der Waals surface area contributed by atoms with Gasteiger partial charge < -0.3 is 24.2 Å². The Balaban J connectivity index is 2.47.